The molecule has 0 aliphatic heterocycles. The second kappa shape index (κ2) is 11.0. The number of para-hydroxylation sites is 3. The van der Waals surface area contributed by atoms with Crippen LogP contribution in [0.1, 0.15) is 0 Å². The topological polar surface area (TPSA) is 21.3 Å². The van der Waals surface area contributed by atoms with Gasteiger partial charge >= 0.3 is 0 Å². The van der Waals surface area contributed by atoms with Crippen LogP contribution in [-0.4, -0.2) is 4.57 Å². The standard InChI is InChI=1S/C46H30N2O/c1-2-14-35(15-3-1)48-43-19-8-6-17-39(43)40-25-22-34(29-44(40)48)33-13-10-16-36(28-33)47(37-23-21-31-11-4-5-12-32(31)27-37)38-24-26-42-41-18-7-9-20-45(41)49-46(42)30-38/h1-30H. The molecule has 0 radical (unpaired) electrons. The first kappa shape index (κ1) is 27.5. The smallest absolute Gasteiger partial charge is 0.137 e. The maximum absolute atomic E-state index is 6.36. The van der Waals surface area contributed by atoms with Crippen LogP contribution in [-0.2, 0) is 0 Å². The number of fused-ring (bicyclic) bond motifs is 7. The zero-order valence-electron chi connectivity index (χ0n) is 26.6. The van der Waals surface area contributed by atoms with E-state index in [9.17, 15) is 0 Å². The third-order valence-corrected chi connectivity index (χ3v) is 9.74. The van der Waals surface area contributed by atoms with Crippen molar-refractivity contribution >= 4 is 71.6 Å². The van der Waals surface area contributed by atoms with Crippen LogP contribution in [0.4, 0.5) is 17.1 Å². The van der Waals surface area contributed by atoms with Crippen molar-refractivity contribution in [3.05, 3.63) is 182 Å². The molecular weight excluding hydrogens is 597 g/mol. The van der Waals surface area contributed by atoms with Crippen LogP contribution < -0.4 is 4.90 Å². The molecule has 0 amide bonds. The number of aromatic nitrogens is 1. The number of nitrogens with zero attached hydrogens (tertiary/aromatic N) is 2. The summed E-state index contributed by atoms with van der Waals surface area (Å²) in [6.07, 6.45) is 0. The van der Waals surface area contributed by atoms with E-state index in [0.717, 1.165) is 50.3 Å². The van der Waals surface area contributed by atoms with Crippen molar-refractivity contribution in [2.45, 2.75) is 0 Å². The van der Waals surface area contributed by atoms with Crippen LogP contribution in [0, 0.1) is 0 Å². The molecule has 3 heteroatoms. The van der Waals surface area contributed by atoms with Crippen LogP contribution in [0.2, 0.25) is 0 Å². The Balaban J connectivity index is 1.16. The molecule has 0 saturated carbocycles. The van der Waals surface area contributed by atoms with Gasteiger partial charge in [0.1, 0.15) is 11.2 Å². The van der Waals surface area contributed by atoms with E-state index in [0.29, 0.717) is 0 Å². The Bertz CT molecular complexity index is 2840. The van der Waals surface area contributed by atoms with Gasteiger partial charge in [0.25, 0.3) is 0 Å². The van der Waals surface area contributed by atoms with E-state index < -0.39 is 0 Å². The van der Waals surface area contributed by atoms with Crippen LogP contribution in [0.25, 0.3) is 71.3 Å². The average molecular weight is 627 g/mol. The summed E-state index contributed by atoms with van der Waals surface area (Å²) in [4.78, 5) is 2.34. The lowest BCUT2D eigenvalue weighted by Gasteiger charge is -2.26. The molecule has 0 saturated heterocycles. The summed E-state index contributed by atoms with van der Waals surface area (Å²) in [6.45, 7) is 0. The normalized spacial score (nSPS) is 11.7. The molecule has 0 unspecified atom stereocenters. The molecule has 3 nitrogen and oxygen atoms in total. The van der Waals surface area contributed by atoms with Crippen molar-refractivity contribution in [3.63, 3.8) is 0 Å². The van der Waals surface area contributed by atoms with Gasteiger partial charge in [-0.1, -0.05) is 109 Å². The van der Waals surface area contributed by atoms with Crippen LogP contribution in [0.5, 0.6) is 0 Å². The van der Waals surface area contributed by atoms with Crippen molar-refractivity contribution in [2.24, 2.45) is 0 Å². The number of benzene rings is 8. The number of anilines is 3. The van der Waals surface area contributed by atoms with Gasteiger partial charge in [-0.05, 0) is 88.6 Å². The molecule has 0 fully saturated rings. The molecule has 0 atom stereocenters. The number of hydrogen-bond acceptors (Lipinski definition) is 2. The van der Waals surface area contributed by atoms with Crippen molar-refractivity contribution in [1.82, 2.24) is 4.57 Å². The molecule has 0 N–H and O–H groups in total. The molecule has 49 heavy (non-hydrogen) atoms. The van der Waals surface area contributed by atoms with Gasteiger partial charge in [-0.25, -0.2) is 0 Å². The Morgan fingerprint density at radius 1 is 0.367 bits per heavy atom. The van der Waals surface area contributed by atoms with Crippen molar-refractivity contribution in [2.75, 3.05) is 4.90 Å². The summed E-state index contributed by atoms with van der Waals surface area (Å²) >= 11 is 0. The molecule has 0 aliphatic carbocycles. The van der Waals surface area contributed by atoms with Gasteiger partial charge < -0.3 is 13.9 Å². The second-order valence-corrected chi connectivity index (χ2v) is 12.6. The molecule has 0 aliphatic rings. The van der Waals surface area contributed by atoms with Crippen molar-refractivity contribution < 1.29 is 4.42 Å². The van der Waals surface area contributed by atoms with Gasteiger partial charge in [-0.15, -0.1) is 0 Å². The van der Waals surface area contributed by atoms with Gasteiger partial charge in [0, 0.05) is 50.4 Å². The lowest BCUT2D eigenvalue weighted by atomic mass is 10.0. The summed E-state index contributed by atoms with van der Waals surface area (Å²) in [5.74, 6) is 0. The van der Waals surface area contributed by atoms with Crippen molar-refractivity contribution in [1.29, 1.82) is 0 Å². The quantitative estimate of drug-likeness (QED) is 0.190. The number of hydrogen-bond donors (Lipinski definition) is 0. The minimum absolute atomic E-state index is 0.875. The fourth-order valence-electron chi connectivity index (χ4n) is 7.45. The maximum atomic E-state index is 6.36. The summed E-state index contributed by atoms with van der Waals surface area (Å²) in [7, 11) is 0. The van der Waals surface area contributed by atoms with E-state index in [-0.39, 0.29) is 0 Å². The zero-order valence-corrected chi connectivity index (χ0v) is 26.6. The largest absolute Gasteiger partial charge is 0.456 e. The molecule has 0 bridgehead atoms. The third kappa shape index (κ3) is 4.51. The number of furan rings is 1. The summed E-state index contributed by atoms with van der Waals surface area (Å²) in [6, 6.07) is 65.1. The maximum Gasteiger partial charge on any atom is 0.137 e. The minimum Gasteiger partial charge on any atom is -0.456 e. The molecule has 2 heterocycles. The highest BCUT2D eigenvalue weighted by Gasteiger charge is 2.18. The van der Waals surface area contributed by atoms with Gasteiger partial charge in [0.15, 0.2) is 0 Å². The molecule has 0 spiro atoms. The highest BCUT2D eigenvalue weighted by molar-refractivity contribution is 6.10. The average Bonchev–Trinajstić information content (AvgIpc) is 3.70. The Morgan fingerprint density at radius 2 is 1.02 bits per heavy atom. The predicted octanol–water partition coefficient (Wildman–Crippen LogP) is 13.0. The first-order valence-electron chi connectivity index (χ1n) is 16.7. The molecule has 10 aromatic rings. The van der Waals surface area contributed by atoms with Gasteiger partial charge in [-0.3, -0.25) is 0 Å². The van der Waals surface area contributed by atoms with E-state index in [4.69, 9.17) is 4.42 Å². The fourth-order valence-corrected chi connectivity index (χ4v) is 7.45. The van der Waals surface area contributed by atoms with Gasteiger partial charge in [0.05, 0.1) is 11.0 Å². The number of rotatable bonds is 5. The lowest BCUT2D eigenvalue weighted by molar-refractivity contribution is 0.669. The second-order valence-electron chi connectivity index (χ2n) is 12.6. The molecule has 2 aromatic heterocycles. The Kier molecular flexibility index (Phi) is 6.18. The molecule has 230 valence electrons. The van der Waals surface area contributed by atoms with Gasteiger partial charge in [0.2, 0.25) is 0 Å². The first-order valence-corrected chi connectivity index (χ1v) is 16.7. The van der Waals surface area contributed by atoms with Crippen LogP contribution >= 0.6 is 0 Å². The summed E-state index contributed by atoms with van der Waals surface area (Å²) in [5, 5.41) is 7.17. The predicted molar refractivity (Wildman–Crippen MR) is 206 cm³/mol. The molecule has 10 rings (SSSR count). The van der Waals surface area contributed by atoms with E-state index in [2.05, 4.69) is 179 Å². The van der Waals surface area contributed by atoms with E-state index in [1.807, 2.05) is 12.1 Å². The van der Waals surface area contributed by atoms with E-state index in [1.54, 1.807) is 0 Å². The zero-order chi connectivity index (χ0) is 32.3. The van der Waals surface area contributed by atoms with E-state index in [1.165, 1.54) is 38.1 Å². The Hall–Kier alpha value is -6.58. The SMILES string of the molecule is c1ccc(-n2c3ccccc3c3ccc(-c4cccc(N(c5ccc6ccccc6c5)c5ccc6c(c5)oc5ccccc56)c4)cc32)cc1. The molecular formula is C46H30N2O. The highest BCUT2D eigenvalue weighted by Crippen LogP contribution is 2.41. The van der Waals surface area contributed by atoms with E-state index >= 15 is 0 Å². The lowest BCUT2D eigenvalue weighted by Crippen LogP contribution is -2.10. The first-order chi connectivity index (χ1) is 24.3. The third-order valence-electron chi connectivity index (χ3n) is 9.74. The monoisotopic (exact) mass is 626 g/mol. The van der Waals surface area contributed by atoms with Crippen molar-refractivity contribution in [3.8, 4) is 16.8 Å². The van der Waals surface area contributed by atoms with Gasteiger partial charge in [-0.2, -0.15) is 0 Å². The fraction of sp³-hybridized carbons (Fsp3) is 0. The Morgan fingerprint density at radius 3 is 1.94 bits per heavy atom. The highest BCUT2D eigenvalue weighted by atomic mass is 16.3. The summed E-state index contributed by atoms with van der Waals surface area (Å²) < 4.78 is 8.74. The van der Waals surface area contributed by atoms with Crippen LogP contribution in [0.15, 0.2) is 186 Å². The summed E-state index contributed by atoms with van der Waals surface area (Å²) in [5.41, 5.74) is 10.9. The Labute approximate surface area is 283 Å². The minimum atomic E-state index is 0.875. The van der Waals surface area contributed by atoms with Crippen LogP contribution in [0.3, 0.4) is 0 Å². The molecule has 8 aromatic carbocycles.